The molecule has 0 atom stereocenters. The molecule has 2 rings (SSSR count). The molecule has 1 aliphatic rings. The van der Waals surface area contributed by atoms with Crippen LogP contribution in [0.2, 0.25) is 0 Å². The predicted octanol–water partition coefficient (Wildman–Crippen LogP) is 5.05. The lowest BCUT2D eigenvalue weighted by Gasteiger charge is -2.34. The summed E-state index contributed by atoms with van der Waals surface area (Å²) in [6.45, 7) is 16.7. The van der Waals surface area contributed by atoms with Gasteiger partial charge in [0, 0.05) is 12.6 Å². The summed E-state index contributed by atoms with van der Waals surface area (Å²) in [5.74, 6) is -0.122. The van der Waals surface area contributed by atoms with Gasteiger partial charge >= 0.3 is 0 Å². The van der Waals surface area contributed by atoms with Crippen molar-refractivity contribution < 1.29 is 9.18 Å². The normalized spacial score (nSPS) is 13.1. The van der Waals surface area contributed by atoms with Gasteiger partial charge in [-0.1, -0.05) is 53.7 Å². The molecule has 146 valence electrons. The van der Waals surface area contributed by atoms with Gasteiger partial charge < -0.3 is 10.2 Å². The van der Waals surface area contributed by atoms with Gasteiger partial charge in [0.05, 0.1) is 6.42 Å². The summed E-state index contributed by atoms with van der Waals surface area (Å²) in [7, 11) is 0. The summed E-state index contributed by atoms with van der Waals surface area (Å²) in [5.41, 5.74) is 0.874. The van der Waals surface area contributed by atoms with Crippen molar-refractivity contribution in [2.75, 3.05) is 19.6 Å². The van der Waals surface area contributed by atoms with Crippen LogP contribution in [0, 0.1) is 5.82 Å². The third-order valence-corrected chi connectivity index (χ3v) is 3.68. The second kappa shape index (κ2) is 17.4. The van der Waals surface area contributed by atoms with Crippen molar-refractivity contribution in [2.45, 2.75) is 73.8 Å². The first-order valence-electron chi connectivity index (χ1n) is 9.95. The zero-order chi connectivity index (χ0) is 19.7. The second-order valence-corrected chi connectivity index (χ2v) is 4.96. The van der Waals surface area contributed by atoms with E-state index >= 15 is 0 Å². The molecule has 0 aromatic heterocycles. The van der Waals surface area contributed by atoms with Gasteiger partial charge in [0.1, 0.15) is 5.82 Å². The minimum absolute atomic E-state index is 0.140. The molecule has 1 saturated heterocycles. The lowest BCUT2D eigenvalue weighted by molar-refractivity contribution is -0.133. The van der Waals surface area contributed by atoms with Gasteiger partial charge in [0.2, 0.25) is 5.91 Å². The summed E-state index contributed by atoms with van der Waals surface area (Å²) in [4.78, 5) is 14.3. The van der Waals surface area contributed by atoms with Crippen molar-refractivity contribution >= 4 is 5.91 Å². The van der Waals surface area contributed by atoms with Crippen molar-refractivity contribution in [3.8, 4) is 0 Å². The Balaban J connectivity index is 0. The fourth-order valence-electron chi connectivity index (χ4n) is 2.63. The summed E-state index contributed by atoms with van der Waals surface area (Å²) in [5, 5.41) is 3.31. The lowest BCUT2D eigenvalue weighted by atomic mass is 10.0. The number of hydrogen-bond donors (Lipinski definition) is 1. The number of benzene rings is 1. The average Bonchev–Trinajstić information content (AvgIpc) is 2.70. The van der Waals surface area contributed by atoms with Crippen LogP contribution in [0.4, 0.5) is 4.39 Å². The number of nitrogens with one attached hydrogen (secondary N) is 1. The van der Waals surface area contributed by atoms with E-state index in [1.165, 1.54) is 12.1 Å². The molecule has 0 saturated carbocycles. The fraction of sp³-hybridized carbons (Fsp3) is 0.667. The molecule has 1 N–H and O–H groups in total. The average molecular weight is 355 g/mol. The van der Waals surface area contributed by atoms with Gasteiger partial charge in [-0.05, 0) is 50.6 Å². The summed E-state index contributed by atoms with van der Waals surface area (Å²) < 4.78 is 12.8. The molecule has 1 amide bonds. The largest absolute Gasteiger partial charge is 0.340 e. The van der Waals surface area contributed by atoms with E-state index in [4.69, 9.17) is 0 Å². The summed E-state index contributed by atoms with van der Waals surface area (Å²) >= 11 is 0. The Morgan fingerprint density at radius 1 is 1.04 bits per heavy atom. The molecule has 1 heterocycles. The number of rotatable bonds is 4. The number of piperidine rings is 1. The van der Waals surface area contributed by atoms with Crippen LogP contribution in [0.15, 0.2) is 24.3 Å². The number of likely N-dealkylation sites (N-methyl/N-ethyl adjacent to an activating group) is 1. The Kier molecular flexibility index (Phi) is 18.0. The SMILES string of the molecule is CC.CC.CC.CCN(C(=O)Cc1ccc(F)cc1)C1CCNCC1. The quantitative estimate of drug-likeness (QED) is 0.821. The maximum atomic E-state index is 12.8. The number of amides is 1. The van der Waals surface area contributed by atoms with Crippen LogP contribution >= 0.6 is 0 Å². The maximum Gasteiger partial charge on any atom is 0.227 e. The molecule has 0 bridgehead atoms. The molecule has 0 unspecified atom stereocenters. The molecule has 1 aliphatic heterocycles. The van der Waals surface area contributed by atoms with Gasteiger partial charge in [-0.2, -0.15) is 0 Å². The first-order chi connectivity index (χ1) is 12.2. The monoisotopic (exact) mass is 354 g/mol. The molecule has 1 fully saturated rings. The molecular weight excluding hydrogens is 315 g/mol. The highest BCUT2D eigenvalue weighted by atomic mass is 19.1. The van der Waals surface area contributed by atoms with E-state index in [0.717, 1.165) is 38.0 Å². The lowest BCUT2D eigenvalue weighted by Crippen LogP contribution is -2.46. The summed E-state index contributed by atoms with van der Waals surface area (Å²) in [6.07, 6.45) is 2.39. The number of nitrogens with zero attached hydrogens (tertiary/aromatic N) is 1. The van der Waals surface area contributed by atoms with Crippen molar-refractivity contribution in [3.05, 3.63) is 35.6 Å². The molecule has 0 spiro atoms. The molecular formula is C21H39FN2O. The Bertz CT molecular complexity index is 414. The molecule has 25 heavy (non-hydrogen) atoms. The van der Waals surface area contributed by atoms with Crippen LogP contribution in [0.5, 0.6) is 0 Å². The molecule has 4 heteroatoms. The molecule has 1 aromatic carbocycles. The molecule has 0 radical (unpaired) electrons. The zero-order valence-electron chi connectivity index (χ0n) is 17.4. The Hall–Kier alpha value is -1.42. The van der Waals surface area contributed by atoms with Crippen LogP contribution in [0.3, 0.4) is 0 Å². The van der Waals surface area contributed by atoms with E-state index in [9.17, 15) is 9.18 Å². The zero-order valence-corrected chi connectivity index (χ0v) is 17.4. The number of halogens is 1. The molecule has 1 aromatic rings. The van der Waals surface area contributed by atoms with Gasteiger partial charge in [-0.25, -0.2) is 4.39 Å². The minimum atomic E-state index is -0.262. The van der Waals surface area contributed by atoms with Gasteiger partial charge in [-0.3, -0.25) is 4.79 Å². The van der Waals surface area contributed by atoms with E-state index in [1.807, 2.05) is 53.4 Å². The highest BCUT2D eigenvalue weighted by molar-refractivity contribution is 5.79. The summed E-state index contributed by atoms with van der Waals surface area (Å²) in [6, 6.07) is 6.53. The van der Waals surface area contributed by atoms with Crippen molar-refractivity contribution in [1.82, 2.24) is 10.2 Å². The van der Waals surface area contributed by atoms with Crippen LogP contribution in [-0.2, 0) is 11.2 Å². The highest BCUT2D eigenvalue weighted by Crippen LogP contribution is 2.14. The topological polar surface area (TPSA) is 32.3 Å². The molecule has 3 nitrogen and oxygen atoms in total. The standard InChI is InChI=1S/C15H21FN2O.3C2H6/c1-2-18(14-7-9-17-10-8-14)15(19)11-12-3-5-13(16)6-4-12;3*1-2/h3-6,14,17H,2,7-11H2,1H3;3*1-2H3. The van der Waals surface area contributed by atoms with E-state index in [1.54, 1.807) is 12.1 Å². The first kappa shape index (κ1) is 25.8. The molecule has 0 aliphatic carbocycles. The third-order valence-electron chi connectivity index (χ3n) is 3.68. The van der Waals surface area contributed by atoms with Crippen LogP contribution in [0.25, 0.3) is 0 Å². The minimum Gasteiger partial charge on any atom is -0.340 e. The van der Waals surface area contributed by atoms with Crippen LogP contribution < -0.4 is 5.32 Å². The van der Waals surface area contributed by atoms with E-state index in [2.05, 4.69) is 5.32 Å². The number of hydrogen-bond acceptors (Lipinski definition) is 2. The predicted molar refractivity (Wildman–Crippen MR) is 107 cm³/mol. The first-order valence-corrected chi connectivity index (χ1v) is 9.95. The van der Waals surface area contributed by atoms with Gasteiger partial charge in [0.15, 0.2) is 0 Å². The van der Waals surface area contributed by atoms with Crippen molar-refractivity contribution in [2.24, 2.45) is 0 Å². The Morgan fingerprint density at radius 2 is 1.52 bits per heavy atom. The van der Waals surface area contributed by atoms with E-state index in [-0.39, 0.29) is 11.7 Å². The number of carbonyl (C=O) groups excluding carboxylic acids is 1. The second-order valence-electron chi connectivity index (χ2n) is 4.96. The van der Waals surface area contributed by atoms with Crippen molar-refractivity contribution in [3.63, 3.8) is 0 Å². The van der Waals surface area contributed by atoms with Crippen molar-refractivity contribution in [1.29, 1.82) is 0 Å². The van der Waals surface area contributed by atoms with Gasteiger partial charge in [-0.15, -0.1) is 0 Å². The van der Waals surface area contributed by atoms with Crippen LogP contribution in [-0.4, -0.2) is 36.5 Å². The van der Waals surface area contributed by atoms with E-state index in [0.29, 0.717) is 12.5 Å². The number of carbonyl (C=O) groups is 1. The highest BCUT2D eigenvalue weighted by Gasteiger charge is 2.23. The van der Waals surface area contributed by atoms with Crippen LogP contribution in [0.1, 0.15) is 66.9 Å². The maximum absolute atomic E-state index is 12.8. The smallest absolute Gasteiger partial charge is 0.227 e. The Labute approximate surface area is 155 Å². The Morgan fingerprint density at radius 3 is 1.96 bits per heavy atom. The van der Waals surface area contributed by atoms with E-state index < -0.39 is 0 Å². The third kappa shape index (κ3) is 10.2. The van der Waals surface area contributed by atoms with Gasteiger partial charge in [0.25, 0.3) is 0 Å². The fourth-order valence-corrected chi connectivity index (χ4v) is 2.63.